The maximum atomic E-state index is 13.0. The van der Waals surface area contributed by atoms with Gasteiger partial charge >= 0.3 is 0 Å². The van der Waals surface area contributed by atoms with E-state index < -0.39 is 6.04 Å². The standard InChI is InChI=1S/C12H17FN2O.ClH/c1-3-4-10(14)12(16)15-11-7-9(13)6-5-8(11)2;/h5-7,10H,3-4,14H2,1-2H3,(H,15,16);1H. The number of rotatable bonds is 4. The Kier molecular flexibility index (Phi) is 6.76. The van der Waals surface area contributed by atoms with Gasteiger partial charge in [0.15, 0.2) is 0 Å². The molecule has 0 radical (unpaired) electrons. The van der Waals surface area contributed by atoms with E-state index in [1.165, 1.54) is 12.1 Å². The second-order valence-electron chi connectivity index (χ2n) is 3.84. The third kappa shape index (κ3) is 4.71. The predicted molar refractivity (Wildman–Crippen MR) is 69.9 cm³/mol. The molecule has 1 aromatic carbocycles. The number of halogens is 2. The fraction of sp³-hybridized carbons (Fsp3) is 0.417. The van der Waals surface area contributed by atoms with Crippen LogP contribution in [-0.4, -0.2) is 11.9 Å². The van der Waals surface area contributed by atoms with Crippen molar-refractivity contribution in [1.82, 2.24) is 0 Å². The lowest BCUT2D eigenvalue weighted by molar-refractivity contribution is -0.117. The first kappa shape index (κ1) is 15.9. The van der Waals surface area contributed by atoms with Crippen molar-refractivity contribution in [2.75, 3.05) is 5.32 Å². The second-order valence-corrected chi connectivity index (χ2v) is 3.84. The number of nitrogens with one attached hydrogen (secondary N) is 1. The van der Waals surface area contributed by atoms with Gasteiger partial charge in [0.05, 0.1) is 6.04 Å². The van der Waals surface area contributed by atoms with Crippen LogP contribution in [0.1, 0.15) is 25.3 Å². The van der Waals surface area contributed by atoms with Crippen LogP contribution in [0.4, 0.5) is 10.1 Å². The zero-order valence-electron chi connectivity index (χ0n) is 10.00. The van der Waals surface area contributed by atoms with Gasteiger partial charge < -0.3 is 11.1 Å². The molecule has 1 atom stereocenters. The molecule has 0 heterocycles. The normalized spacial score (nSPS) is 11.5. The lowest BCUT2D eigenvalue weighted by Crippen LogP contribution is -2.35. The Labute approximate surface area is 107 Å². The van der Waals surface area contributed by atoms with Crippen LogP contribution in [0.3, 0.4) is 0 Å². The van der Waals surface area contributed by atoms with Crippen molar-refractivity contribution in [3.63, 3.8) is 0 Å². The zero-order valence-corrected chi connectivity index (χ0v) is 10.8. The third-order valence-electron chi connectivity index (χ3n) is 2.39. The minimum absolute atomic E-state index is 0. The van der Waals surface area contributed by atoms with Gasteiger partial charge in [0.2, 0.25) is 5.91 Å². The molecule has 0 fully saturated rings. The molecule has 0 aromatic heterocycles. The first-order chi connectivity index (χ1) is 7.54. The SMILES string of the molecule is CCCC(N)C(=O)Nc1cc(F)ccc1C.Cl. The smallest absolute Gasteiger partial charge is 0.241 e. The predicted octanol–water partition coefficient (Wildman–Crippen LogP) is 2.62. The second kappa shape index (κ2) is 7.25. The van der Waals surface area contributed by atoms with Crippen LogP contribution in [0.15, 0.2) is 18.2 Å². The Morgan fingerprint density at radius 2 is 2.18 bits per heavy atom. The molecule has 0 saturated carbocycles. The van der Waals surface area contributed by atoms with Crippen LogP contribution in [-0.2, 0) is 4.79 Å². The van der Waals surface area contributed by atoms with Crippen molar-refractivity contribution in [2.24, 2.45) is 5.73 Å². The molecular weight excluding hydrogens is 243 g/mol. The van der Waals surface area contributed by atoms with Crippen molar-refractivity contribution in [3.8, 4) is 0 Å². The van der Waals surface area contributed by atoms with Crippen molar-refractivity contribution in [3.05, 3.63) is 29.6 Å². The highest BCUT2D eigenvalue weighted by atomic mass is 35.5. The highest BCUT2D eigenvalue weighted by molar-refractivity contribution is 5.95. The summed E-state index contributed by atoms with van der Waals surface area (Å²) in [6.45, 7) is 3.76. The van der Waals surface area contributed by atoms with E-state index in [4.69, 9.17) is 5.73 Å². The molecule has 96 valence electrons. The zero-order chi connectivity index (χ0) is 12.1. The number of anilines is 1. The molecule has 3 nitrogen and oxygen atoms in total. The maximum absolute atomic E-state index is 13.0. The van der Waals surface area contributed by atoms with Crippen LogP contribution in [0.2, 0.25) is 0 Å². The fourth-order valence-corrected chi connectivity index (χ4v) is 1.40. The number of carbonyl (C=O) groups is 1. The minimum atomic E-state index is -0.535. The van der Waals surface area contributed by atoms with Gasteiger partial charge in [-0.3, -0.25) is 4.79 Å². The number of hydrogen-bond acceptors (Lipinski definition) is 2. The molecule has 1 rings (SSSR count). The summed E-state index contributed by atoms with van der Waals surface area (Å²) in [4.78, 5) is 11.6. The molecule has 1 unspecified atom stereocenters. The maximum Gasteiger partial charge on any atom is 0.241 e. The molecule has 0 aliphatic carbocycles. The quantitative estimate of drug-likeness (QED) is 0.874. The van der Waals surface area contributed by atoms with Crippen LogP contribution < -0.4 is 11.1 Å². The summed E-state index contributed by atoms with van der Waals surface area (Å²) < 4.78 is 13.0. The highest BCUT2D eigenvalue weighted by Crippen LogP contribution is 2.16. The average Bonchev–Trinajstić information content (AvgIpc) is 2.23. The van der Waals surface area contributed by atoms with E-state index in [1.807, 2.05) is 6.92 Å². The number of nitrogens with two attached hydrogens (primary N) is 1. The molecule has 0 bridgehead atoms. The molecule has 0 saturated heterocycles. The molecule has 0 aliphatic heterocycles. The topological polar surface area (TPSA) is 55.1 Å². The van der Waals surface area contributed by atoms with Crippen molar-refractivity contribution in [2.45, 2.75) is 32.7 Å². The number of hydrogen-bond donors (Lipinski definition) is 2. The van der Waals surface area contributed by atoms with Crippen molar-refractivity contribution >= 4 is 24.0 Å². The highest BCUT2D eigenvalue weighted by Gasteiger charge is 2.13. The molecule has 3 N–H and O–H groups in total. The van der Waals surface area contributed by atoms with E-state index >= 15 is 0 Å². The molecule has 5 heteroatoms. The molecule has 1 amide bonds. The molecule has 0 spiro atoms. The van der Waals surface area contributed by atoms with E-state index in [2.05, 4.69) is 5.32 Å². The van der Waals surface area contributed by atoms with Gasteiger partial charge in [0.25, 0.3) is 0 Å². The van der Waals surface area contributed by atoms with Crippen molar-refractivity contribution in [1.29, 1.82) is 0 Å². The first-order valence-electron chi connectivity index (χ1n) is 5.37. The Morgan fingerprint density at radius 3 is 2.76 bits per heavy atom. The lowest BCUT2D eigenvalue weighted by Gasteiger charge is -2.12. The van der Waals surface area contributed by atoms with Gasteiger partial charge in [-0.15, -0.1) is 12.4 Å². The fourth-order valence-electron chi connectivity index (χ4n) is 1.40. The lowest BCUT2D eigenvalue weighted by atomic mass is 10.1. The van der Waals surface area contributed by atoms with Gasteiger partial charge in [-0.25, -0.2) is 4.39 Å². The Bertz CT molecular complexity index is 385. The largest absolute Gasteiger partial charge is 0.324 e. The van der Waals surface area contributed by atoms with Gasteiger partial charge in [-0.2, -0.15) is 0 Å². The van der Waals surface area contributed by atoms with E-state index in [0.29, 0.717) is 12.1 Å². The molecular formula is C12H18ClFN2O. The average molecular weight is 261 g/mol. The Morgan fingerprint density at radius 1 is 1.53 bits per heavy atom. The number of aryl methyl sites for hydroxylation is 1. The summed E-state index contributed by atoms with van der Waals surface area (Å²) in [5.74, 6) is -0.638. The summed E-state index contributed by atoms with van der Waals surface area (Å²) in [5, 5.41) is 2.63. The number of carbonyl (C=O) groups excluding carboxylic acids is 1. The van der Waals surface area contributed by atoms with Gasteiger partial charge in [0.1, 0.15) is 5.82 Å². The Hall–Kier alpha value is -1.13. The van der Waals surface area contributed by atoms with E-state index in [-0.39, 0.29) is 24.1 Å². The Balaban J connectivity index is 0.00000256. The van der Waals surface area contributed by atoms with E-state index in [0.717, 1.165) is 12.0 Å². The van der Waals surface area contributed by atoms with Crippen LogP contribution in [0.5, 0.6) is 0 Å². The molecule has 1 aromatic rings. The van der Waals surface area contributed by atoms with E-state index in [9.17, 15) is 9.18 Å². The molecule has 0 aliphatic rings. The number of benzene rings is 1. The summed E-state index contributed by atoms with van der Waals surface area (Å²) >= 11 is 0. The van der Waals surface area contributed by atoms with Crippen LogP contribution in [0, 0.1) is 12.7 Å². The van der Waals surface area contributed by atoms with E-state index in [1.54, 1.807) is 13.0 Å². The van der Waals surface area contributed by atoms with Gasteiger partial charge in [-0.1, -0.05) is 19.4 Å². The minimum Gasteiger partial charge on any atom is -0.324 e. The summed E-state index contributed by atoms with van der Waals surface area (Å²) in [7, 11) is 0. The first-order valence-corrected chi connectivity index (χ1v) is 5.37. The van der Waals surface area contributed by atoms with Crippen LogP contribution in [0.25, 0.3) is 0 Å². The molecule has 17 heavy (non-hydrogen) atoms. The van der Waals surface area contributed by atoms with Crippen LogP contribution >= 0.6 is 12.4 Å². The number of amides is 1. The van der Waals surface area contributed by atoms with Crippen molar-refractivity contribution < 1.29 is 9.18 Å². The third-order valence-corrected chi connectivity index (χ3v) is 2.39. The summed E-state index contributed by atoms with van der Waals surface area (Å²) in [5.41, 5.74) is 6.96. The van der Waals surface area contributed by atoms with Gasteiger partial charge in [-0.05, 0) is 31.0 Å². The monoisotopic (exact) mass is 260 g/mol. The summed E-state index contributed by atoms with van der Waals surface area (Å²) in [6.07, 6.45) is 1.47. The van der Waals surface area contributed by atoms with Gasteiger partial charge in [0, 0.05) is 5.69 Å². The summed E-state index contributed by atoms with van der Waals surface area (Å²) in [6, 6.07) is 3.74.